The first kappa shape index (κ1) is 18.1. The molecule has 0 N–H and O–H groups in total. The Morgan fingerprint density at radius 2 is 2.00 bits per heavy atom. The van der Waals surface area contributed by atoms with Crippen molar-refractivity contribution >= 4 is 12.3 Å². The molecule has 1 atom stereocenters. The first-order valence-corrected chi connectivity index (χ1v) is 7.45. The molecule has 0 aliphatic rings. The molecular weight excluding hydrogens is 284 g/mol. The van der Waals surface area contributed by atoms with E-state index >= 15 is 0 Å². The van der Waals surface area contributed by atoms with Gasteiger partial charge in [0.25, 0.3) is 5.56 Å². The number of aldehydes is 1. The Bertz CT molecular complexity index is 590. The summed E-state index contributed by atoms with van der Waals surface area (Å²) in [4.78, 5) is 39.7. The van der Waals surface area contributed by atoms with Gasteiger partial charge in [0, 0.05) is 18.5 Å². The van der Waals surface area contributed by atoms with Crippen molar-refractivity contribution in [2.45, 2.75) is 52.5 Å². The smallest absolute Gasteiger partial charge is 0.328 e. The van der Waals surface area contributed by atoms with E-state index in [9.17, 15) is 14.4 Å². The molecule has 0 saturated carbocycles. The van der Waals surface area contributed by atoms with Crippen molar-refractivity contribution in [3.63, 3.8) is 0 Å². The van der Waals surface area contributed by atoms with Gasteiger partial charge in [-0.3, -0.25) is 9.36 Å². The molecule has 6 nitrogen and oxygen atoms in total. The van der Waals surface area contributed by atoms with Crippen molar-refractivity contribution in [1.29, 1.82) is 0 Å². The predicted octanol–water partition coefficient (Wildman–Crippen LogP) is 1.87. The zero-order chi connectivity index (χ0) is 16.9. The van der Waals surface area contributed by atoms with Crippen LogP contribution in [0, 0.1) is 5.92 Å². The first-order valence-electron chi connectivity index (χ1n) is 7.45. The number of carbonyl (C=O) groups is 2. The summed E-state index contributed by atoms with van der Waals surface area (Å²) in [7, 11) is 1.30. The van der Waals surface area contributed by atoms with Gasteiger partial charge >= 0.3 is 5.97 Å². The monoisotopic (exact) mass is 308 g/mol. The van der Waals surface area contributed by atoms with Crippen LogP contribution in [0.25, 0.3) is 0 Å². The molecule has 0 aromatic carbocycles. The van der Waals surface area contributed by atoms with Crippen LogP contribution >= 0.6 is 0 Å². The number of carbonyl (C=O) groups excluding carboxylic acids is 2. The molecule has 1 rings (SSSR count). The van der Waals surface area contributed by atoms with Crippen molar-refractivity contribution in [2.75, 3.05) is 7.11 Å². The largest absolute Gasteiger partial charge is 0.467 e. The molecule has 0 radical (unpaired) electrons. The van der Waals surface area contributed by atoms with Gasteiger partial charge in [0.1, 0.15) is 18.0 Å². The molecule has 122 valence electrons. The Labute approximate surface area is 130 Å². The van der Waals surface area contributed by atoms with Crippen molar-refractivity contribution < 1.29 is 14.3 Å². The molecule has 22 heavy (non-hydrogen) atoms. The summed E-state index contributed by atoms with van der Waals surface area (Å²) in [6.07, 6.45) is 2.81. The molecule has 6 heteroatoms. The summed E-state index contributed by atoms with van der Waals surface area (Å²) in [5.41, 5.74) is 0.536. The maximum Gasteiger partial charge on any atom is 0.328 e. The molecule has 0 saturated heterocycles. The van der Waals surface area contributed by atoms with Crippen LogP contribution in [0.4, 0.5) is 0 Å². The number of ether oxygens (including phenoxy) is 1. The molecule has 1 unspecified atom stereocenters. The minimum atomic E-state index is -0.705. The van der Waals surface area contributed by atoms with Crippen LogP contribution in [0.3, 0.4) is 0 Å². The van der Waals surface area contributed by atoms with E-state index in [2.05, 4.69) is 4.98 Å². The summed E-state index contributed by atoms with van der Waals surface area (Å²) in [5.74, 6) is -0.349. The molecule has 1 aromatic rings. The summed E-state index contributed by atoms with van der Waals surface area (Å²) in [5, 5.41) is 0. The first-order chi connectivity index (χ1) is 10.3. The lowest BCUT2D eigenvalue weighted by molar-refractivity contribution is -0.145. The second kappa shape index (κ2) is 7.87. The molecule has 0 bridgehead atoms. The Kier molecular flexibility index (Phi) is 6.46. The fourth-order valence-corrected chi connectivity index (χ4v) is 2.28. The van der Waals surface area contributed by atoms with E-state index in [4.69, 9.17) is 4.74 Å². The maximum atomic E-state index is 12.6. The molecule has 1 aromatic heterocycles. The van der Waals surface area contributed by atoms with Crippen molar-refractivity contribution in [3.05, 3.63) is 27.9 Å². The van der Waals surface area contributed by atoms with Crippen LogP contribution in [0.2, 0.25) is 0 Å². The number of nitrogens with zero attached hydrogens (tertiary/aromatic N) is 2. The van der Waals surface area contributed by atoms with Crippen molar-refractivity contribution in [2.24, 2.45) is 5.92 Å². The third kappa shape index (κ3) is 4.26. The Morgan fingerprint density at radius 3 is 2.45 bits per heavy atom. The van der Waals surface area contributed by atoms with E-state index in [0.717, 1.165) is 6.29 Å². The number of rotatable bonds is 7. The normalized spacial score (nSPS) is 12.5. The van der Waals surface area contributed by atoms with E-state index in [1.165, 1.54) is 17.9 Å². The lowest BCUT2D eigenvalue weighted by Crippen LogP contribution is -2.35. The highest BCUT2D eigenvalue weighted by molar-refractivity contribution is 5.74. The van der Waals surface area contributed by atoms with Gasteiger partial charge in [-0.15, -0.1) is 0 Å². The van der Waals surface area contributed by atoms with E-state index in [-0.39, 0.29) is 23.8 Å². The molecule has 0 amide bonds. The van der Waals surface area contributed by atoms with E-state index in [0.29, 0.717) is 17.8 Å². The molecule has 0 aliphatic heterocycles. The van der Waals surface area contributed by atoms with Gasteiger partial charge in [-0.2, -0.15) is 0 Å². The minimum Gasteiger partial charge on any atom is -0.467 e. The fraction of sp³-hybridized carbons (Fsp3) is 0.625. The highest BCUT2D eigenvalue weighted by Gasteiger charge is 2.25. The number of methoxy groups -OCH3 is 1. The van der Waals surface area contributed by atoms with Crippen LogP contribution in [0.15, 0.2) is 11.0 Å². The summed E-state index contributed by atoms with van der Waals surface area (Å²) < 4.78 is 6.20. The lowest BCUT2D eigenvalue weighted by atomic mass is 10.0. The number of hydrogen-bond donors (Lipinski definition) is 0. The molecule has 1 heterocycles. The minimum absolute atomic E-state index is 0.0947. The van der Waals surface area contributed by atoms with Gasteiger partial charge in [-0.05, 0) is 12.3 Å². The molecule has 0 spiro atoms. The highest BCUT2D eigenvalue weighted by atomic mass is 16.5. The van der Waals surface area contributed by atoms with Crippen LogP contribution in [-0.4, -0.2) is 28.9 Å². The summed E-state index contributed by atoms with van der Waals surface area (Å²) in [6.45, 7) is 7.65. The highest BCUT2D eigenvalue weighted by Crippen LogP contribution is 2.19. The van der Waals surface area contributed by atoms with E-state index < -0.39 is 12.0 Å². The Balaban J connectivity index is 3.48. The van der Waals surface area contributed by atoms with Crippen LogP contribution in [0.1, 0.15) is 57.5 Å². The van der Waals surface area contributed by atoms with E-state index in [1.54, 1.807) is 0 Å². The third-order valence-electron chi connectivity index (χ3n) is 3.35. The standard InChI is InChI=1S/C16H24N2O4/c1-10(2)8-13(16(21)22-5)18-9-12(6-7-19)17-14(11(3)4)15(18)20/h7,9-11,13H,6,8H2,1-5H3. The van der Waals surface area contributed by atoms with Crippen molar-refractivity contribution in [3.8, 4) is 0 Å². The zero-order valence-electron chi connectivity index (χ0n) is 13.8. The van der Waals surface area contributed by atoms with Gasteiger partial charge in [0.15, 0.2) is 0 Å². The number of aromatic nitrogens is 2. The topological polar surface area (TPSA) is 78.3 Å². The van der Waals surface area contributed by atoms with Gasteiger partial charge in [-0.25, -0.2) is 9.78 Å². The Hall–Kier alpha value is -1.98. The second-order valence-corrected chi connectivity index (χ2v) is 6.02. The van der Waals surface area contributed by atoms with Gasteiger partial charge in [0.2, 0.25) is 0 Å². The average molecular weight is 308 g/mol. The fourth-order valence-electron chi connectivity index (χ4n) is 2.28. The Morgan fingerprint density at radius 1 is 1.36 bits per heavy atom. The zero-order valence-corrected chi connectivity index (χ0v) is 13.8. The third-order valence-corrected chi connectivity index (χ3v) is 3.35. The number of hydrogen-bond acceptors (Lipinski definition) is 5. The predicted molar refractivity (Wildman–Crippen MR) is 82.9 cm³/mol. The van der Waals surface area contributed by atoms with Gasteiger partial charge in [-0.1, -0.05) is 27.7 Å². The SMILES string of the molecule is COC(=O)C(CC(C)C)n1cc(CC=O)nc(C(C)C)c1=O. The van der Waals surface area contributed by atoms with Crippen LogP contribution in [0.5, 0.6) is 0 Å². The summed E-state index contributed by atoms with van der Waals surface area (Å²) in [6, 6.07) is -0.705. The maximum absolute atomic E-state index is 12.6. The second-order valence-electron chi connectivity index (χ2n) is 6.02. The van der Waals surface area contributed by atoms with Crippen LogP contribution < -0.4 is 5.56 Å². The summed E-state index contributed by atoms with van der Waals surface area (Å²) >= 11 is 0. The lowest BCUT2D eigenvalue weighted by Gasteiger charge is -2.21. The quantitative estimate of drug-likeness (QED) is 0.567. The van der Waals surface area contributed by atoms with Crippen LogP contribution in [-0.2, 0) is 20.7 Å². The van der Waals surface area contributed by atoms with E-state index in [1.807, 2.05) is 27.7 Å². The molecule has 0 fully saturated rings. The van der Waals surface area contributed by atoms with Gasteiger partial charge < -0.3 is 9.53 Å². The number of esters is 1. The van der Waals surface area contributed by atoms with Crippen molar-refractivity contribution in [1.82, 2.24) is 9.55 Å². The molecule has 0 aliphatic carbocycles. The average Bonchev–Trinajstić information content (AvgIpc) is 2.45. The molecular formula is C16H24N2O4. The van der Waals surface area contributed by atoms with Gasteiger partial charge in [0.05, 0.1) is 12.8 Å².